The van der Waals surface area contributed by atoms with Crippen molar-refractivity contribution in [2.45, 2.75) is 11.3 Å². The van der Waals surface area contributed by atoms with E-state index in [9.17, 15) is 18.0 Å². The SMILES string of the molecule is C[NH+]1CCN(C(=O)CCN2C(=O)c3ccccc3S2(=O)=O)CC1. The van der Waals surface area contributed by atoms with E-state index in [1.54, 1.807) is 17.0 Å². The highest BCUT2D eigenvalue weighted by Crippen LogP contribution is 2.29. The van der Waals surface area contributed by atoms with E-state index in [0.29, 0.717) is 13.1 Å². The van der Waals surface area contributed by atoms with Gasteiger partial charge in [-0.15, -0.1) is 0 Å². The van der Waals surface area contributed by atoms with Crippen LogP contribution in [0.2, 0.25) is 0 Å². The standard InChI is InChI=1S/C15H19N3O4S/c1-16-8-10-17(11-9-16)14(19)6-7-18-15(20)12-4-2-3-5-13(12)23(18,21)22/h2-5H,6-11H2,1H3/p+1. The second kappa shape index (κ2) is 5.93. The van der Waals surface area contributed by atoms with Crippen molar-refractivity contribution >= 4 is 21.8 Å². The van der Waals surface area contributed by atoms with E-state index in [0.717, 1.165) is 17.4 Å². The predicted octanol–water partition coefficient (Wildman–Crippen LogP) is -1.42. The van der Waals surface area contributed by atoms with E-state index >= 15 is 0 Å². The summed E-state index contributed by atoms with van der Waals surface area (Å²) in [5.74, 6) is -0.646. The summed E-state index contributed by atoms with van der Waals surface area (Å²) < 4.78 is 25.6. The lowest BCUT2D eigenvalue weighted by Crippen LogP contribution is -3.12. The van der Waals surface area contributed by atoms with Gasteiger partial charge in [-0.1, -0.05) is 12.1 Å². The lowest BCUT2D eigenvalue weighted by Gasteiger charge is -2.30. The molecule has 0 atom stereocenters. The smallest absolute Gasteiger partial charge is 0.269 e. The molecule has 2 heterocycles. The predicted molar refractivity (Wildman–Crippen MR) is 82.5 cm³/mol. The highest BCUT2D eigenvalue weighted by atomic mass is 32.2. The maximum atomic E-state index is 12.4. The summed E-state index contributed by atoms with van der Waals surface area (Å²) in [6, 6.07) is 6.15. The second-order valence-corrected chi connectivity index (χ2v) is 7.80. The summed E-state index contributed by atoms with van der Waals surface area (Å²) in [4.78, 5) is 27.6. The van der Waals surface area contributed by atoms with Crippen molar-refractivity contribution < 1.29 is 22.9 Å². The Labute approximate surface area is 135 Å². The maximum Gasteiger partial charge on any atom is 0.269 e. The van der Waals surface area contributed by atoms with Crippen LogP contribution in [-0.4, -0.2) is 69.2 Å². The Balaban J connectivity index is 1.68. The highest BCUT2D eigenvalue weighted by molar-refractivity contribution is 7.90. The van der Waals surface area contributed by atoms with Crippen LogP contribution in [-0.2, 0) is 14.8 Å². The summed E-state index contributed by atoms with van der Waals surface area (Å²) in [7, 11) is -1.74. The molecular formula is C15H20N3O4S+. The van der Waals surface area contributed by atoms with E-state index in [2.05, 4.69) is 7.05 Å². The number of hydrogen-bond donors (Lipinski definition) is 1. The molecule has 3 rings (SSSR count). The first-order valence-electron chi connectivity index (χ1n) is 7.66. The Morgan fingerprint density at radius 2 is 1.87 bits per heavy atom. The minimum Gasteiger partial charge on any atom is -0.334 e. The van der Waals surface area contributed by atoms with Gasteiger partial charge in [0, 0.05) is 13.0 Å². The number of likely N-dealkylation sites (N-methyl/N-ethyl adjacent to an activating group) is 1. The van der Waals surface area contributed by atoms with Crippen molar-refractivity contribution in [3.05, 3.63) is 29.8 Å². The highest BCUT2D eigenvalue weighted by Gasteiger charge is 2.40. The van der Waals surface area contributed by atoms with Gasteiger partial charge in [0.25, 0.3) is 15.9 Å². The van der Waals surface area contributed by atoms with Crippen LogP contribution in [0.25, 0.3) is 0 Å². The monoisotopic (exact) mass is 338 g/mol. The van der Waals surface area contributed by atoms with Crippen molar-refractivity contribution in [2.75, 3.05) is 39.8 Å². The summed E-state index contributed by atoms with van der Waals surface area (Å²) >= 11 is 0. The second-order valence-electron chi connectivity index (χ2n) is 5.97. The zero-order chi connectivity index (χ0) is 16.6. The Morgan fingerprint density at radius 1 is 1.22 bits per heavy atom. The number of benzene rings is 1. The number of hydrogen-bond acceptors (Lipinski definition) is 4. The van der Waals surface area contributed by atoms with Gasteiger partial charge in [-0.05, 0) is 12.1 Å². The first kappa shape index (κ1) is 15.9. The molecule has 0 saturated carbocycles. The number of rotatable bonds is 3. The largest absolute Gasteiger partial charge is 0.334 e. The van der Waals surface area contributed by atoms with Gasteiger partial charge in [-0.2, -0.15) is 0 Å². The molecule has 0 radical (unpaired) electrons. The minimum atomic E-state index is -3.82. The molecule has 2 aliphatic rings. The van der Waals surface area contributed by atoms with Gasteiger partial charge in [0.15, 0.2) is 0 Å². The number of carbonyl (C=O) groups excluding carboxylic acids is 2. The Bertz CT molecular complexity index is 739. The fourth-order valence-corrected chi connectivity index (χ4v) is 4.51. The van der Waals surface area contributed by atoms with Crippen molar-refractivity contribution in [2.24, 2.45) is 0 Å². The Hall–Kier alpha value is -1.93. The van der Waals surface area contributed by atoms with Gasteiger partial charge in [-0.3, -0.25) is 9.59 Å². The van der Waals surface area contributed by atoms with Crippen LogP contribution in [0.1, 0.15) is 16.8 Å². The zero-order valence-electron chi connectivity index (χ0n) is 13.0. The molecule has 1 N–H and O–H groups in total. The van der Waals surface area contributed by atoms with E-state index in [1.165, 1.54) is 17.0 Å². The first-order valence-corrected chi connectivity index (χ1v) is 9.10. The van der Waals surface area contributed by atoms with Crippen LogP contribution in [0.3, 0.4) is 0 Å². The summed E-state index contributed by atoms with van der Waals surface area (Å²) in [6.45, 7) is 3.02. The van der Waals surface area contributed by atoms with Gasteiger partial charge in [-0.25, -0.2) is 12.7 Å². The molecule has 1 aromatic rings. The molecule has 7 nitrogen and oxygen atoms in total. The molecule has 8 heteroatoms. The van der Waals surface area contributed by atoms with E-state index < -0.39 is 15.9 Å². The topological polar surface area (TPSA) is 79.2 Å². The third-order valence-electron chi connectivity index (χ3n) is 4.41. The number of nitrogens with one attached hydrogen (secondary N) is 1. The van der Waals surface area contributed by atoms with Crippen molar-refractivity contribution in [1.29, 1.82) is 0 Å². The molecule has 0 bridgehead atoms. The fourth-order valence-electron chi connectivity index (χ4n) is 2.95. The number of amides is 2. The summed E-state index contributed by atoms with van der Waals surface area (Å²) in [5.41, 5.74) is 0.183. The average Bonchev–Trinajstić information content (AvgIpc) is 2.73. The van der Waals surface area contributed by atoms with Gasteiger partial charge >= 0.3 is 0 Å². The Kier molecular flexibility index (Phi) is 4.11. The fraction of sp³-hybridized carbons (Fsp3) is 0.467. The molecular weight excluding hydrogens is 318 g/mol. The number of nitrogens with zero attached hydrogens (tertiary/aromatic N) is 2. The van der Waals surface area contributed by atoms with E-state index in [-0.39, 0.29) is 29.3 Å². The van der Waals surface area contributed by atoms with Crippen molar-refractivity contribution in [1.82, 2.24) is 9.21 Å². The minimum absolute atomic E-state index is 0.0258. The van der Waals surface area contributed by atoms with Crippen molar-refractivity contribution in [3.63, 3.8) is 0 Å². The van der Waals surface area contributed by atoms with Crippen LogP contribution in [0, 0.1) is 0 Å². The maximum absolute atomic E-state index is 12.4. The molecule has 0 aliphatic carbocycles. The first-order chi connectivity index (χ1) is 10.9. The number of sulfonamides is 1. The van der Waals surface area contributed by atoms with Crippen LogP contribution in [0.15, 0.2) is 29.2 Å². The lowest BCUT2D eigenvalue weighted by atomic mass is 10.2. The molecule has 1 fully saturated rings. The van der Waals surface area contributed by atoms with E-state index in [1.807, 2.05) is 0 Å². The quantitative estimate of drug-likeness (QED) is 0.734. The third kappa shape index (κ3) is 2.84. The third-order valence-corrected chi connectivity index (χ3v) is 6.25. The molecule has 124 valence electrons. The molecule has 1 saturated heterocycles. The molecule has 23 heavy (non-hydrogen) atoms. The molecule has 0 aromatic heterocycles. The van der Waals surface area contributed by atoms with Gasteiger partial charge < -0.3 is 9.80 Å². The van der Waals surface area contributed by atoms with Crippen LogP contribution in [0.5, 0.6) is 0 Å². The molecule has 0 spiro atoms. The molecule has 1 aromatic carbocycles. The van der Waals surface area contributed by atoms with E-state index in [4.69, 9.17) is 0 Å². The van der Waals surface area contributed by atoms with Crippen LogP contribution < -0.4 is 4.90 Å². The summed E-state index contributed by atoms with van der Waals surface area (Å²) in [6.07, 6.45) is 0.0258. The van der Waals surface area contributed by atoms with Gasteiger partial charge in [0.1, 0.15) is 4.90 Å². The van der Waals surface area contributed by atoms with Crippen LogP contribution >= 0.6 is 0 Å². The zero-order valence-corrected chi connectivity index (χ0v) is 13.8. The van der Waals surface area contributed by atoms with Gasteiger partial charge in [0.05, 0.1) is 38.8 Å². The number of fused-ring (bicyclic) bond motifs is 1. The number of piperazine rings is 1. The molecule has 2 aliphatic heterocycles. The molecule has 0 unspecified atom stereocenters. The lowest BCUT2D eigenvalue weighted by molar-refractivity contribution is -0.883. The summed E-state index contributed by atoms with van der Waals surface area (Å²) in [5, 5.41) is 0. The molecule has 2 amide bonds. The van der Waals surface area contributed by atoms with Gasteiger partial charge in [0.2, 0.25) is 5.91 Å². The Morgan fingerprint density at radius 3 is 2.52 bits per heavy atom. The average molecular weight is 338 g/mol. The number of carbonyl (C=O) groups is 2. The van der Waals surface area contributed by atoms with Crippen molar-refractivity contribution in [3.8, 4) is 0 Å². The van der Waals surface area contributed by atoms with Crippen LogP contribution in [0.4, 0.5) is 0 Å². The number of quaternary nitrogens is 1. The normalized spacial score (nSPS) is 20.7.